The van der Waals surface area contributed by atoms with Crippen molar-refractivity contribution in [2.45, 2.75) is 19.6 Å². The molecule has 0 saturated heterocycles. The highest BCUT2D eigenvalue weighted by Crippen LogP contribution is 2.32. The Morgan fingerprint density at radius 3 is 2.47 bits per heavy atom. The molecule has 222 valence electrons. The fourth-order valence-corrected chi connectivity index (χ4v) is 6.16. The monoisotopic (exact) mass is 612 g/mol. The lowest BCUT2D eigenvalue weighted by Gasteiger charge is -2.25. The highest BCUT2D eigenvalue weighted by Gasteiger charge is 2.32. The van der Waals surface area contributed by atoms with Crippen LogP contribution in [0.3, 0.4) is 0 Å². The maximum atomic E-state index is 14.0. The standard InChI is InChI=1S/C36H28N4O4S/c1-23-32(34(41)39-28-8-4-3-5-9-28)33(27-7-6-10-30(20-27)43-2)40-35(42)31(45-36(40)38-23)19-24-15-17-29(18-16-24)44-22-26-13-11-25(21-37)12-14-26/h3-20,33H,22H2,1-2H3,(H,39,41)/b31-19-/t33-/m0/s1. The van der Waals surface area contributed by atoms with Gasteiger partial charge in [-0.1, -0.05) is 65.9 Å². The van der Waals surface area contributed by atoms with E-state index >= 15 is 0 Å². The molecule has 4 aromatic carbocycles. The number of anilines is 1. The second-order valence-electron chi connectivity index (χ2n) is 10.3. The average Bonchev–Trinajstić information content (AvgIpc) is 3.37. The third-order valence-corrected chi connectivity index (χ3v) is 8.36. The molecule has 9 heteroatoms. The van der Waals surface area contributed by atoms with E-state index < -0.39 is 6.04 Å². The molecule has 1 aromatic heterocycles. The van der Waals surface area contributed by atoms with Gasteiger partial charge >= 0.3 is 0 Å². The largest absolute Gasteiger partial charge is 0.497 e. The van der Waals surface area contributed by atoms with Gasteiger partial charge in [0, 0.05) is 5.69 Å². The second kappa shape index (κ2) is 12.9. The molecule has 5 aromatic rings. The summed E-state index contributed by atoms with van der Waals surface area (Å²) in [5.74, 6) is 0.968. The Balaban J connectivity index is 1.33. The summed E-state index contributed by atoms with van der Waals surface area (Å²) in [4.78, 5) is 33.0. The van der Waals surface area contributed by atoms with Crippen LogP contribution in [0.1, 0.15) is 35.2 Å². The lowest BCUT2D eigenvalue weighted by molar-refractivity contribution is -0.113. The maximum absolute atomic E-state index is 14.0. The predicted octanol–water partition coefficient (Wildman–Crippen LogP) is 5.33. The molecule has 0 saturated carbocycles. The summed E-state index contributed by atoms with van der Waals surface area (Å²) in [5, 5.41) is 11.9. The summed E-state index contributed by atoms with van der Waals surface area (Å²) in [6.45, 7) is 2.16. The number of rotatable bonds is 8. The lowest BCUT2D eigenvalue weighted by Crippen LogP contribution is -2.40. The fraction of sp³-hybridized carbons (Fsp3) is 0.111. The number of hydrogen-bond donors (Lipinski definition) is 1. The van der Waals surface area contributed by atoms with Crippen LogP contribution in [0.5, 0.6) is 11.5 Å². The molecule has 0 fully saturated rings. The fourth-order valence-electron chi connectivity index (χ4n) is 5.11. The van der Waals surface area contributed by atoms with Gasteiger partial charge in [-0.25, -0.2) is 4.99 Å². The van der Waals surface area contributed by atoms with E-state index in [-0.39, 0.29) is 11.5 Å². The zero-order valence-corrected chi connectivity index (χ0v) is 25.4. The van der Waals surface area contributed by atoms with Crippen LogP contribution in [0.25, 0.3) is 6.08 Å². The first kappa shape index (κ1) is 29.4. The van der Waals surface area contributed by atoms with E-state index in [1.54, 1.807) is 30.7 Å². The van der Waals surface area contributed by atoms with E-state index in [2.05, 4.69) is 11.4 Å². The molecule has 6 rings (SSSR count). The van der Waals surface area contributed by atoms with E-state index in [4.69, 9.17) is 19.7 Å². The highest BCUT2D eigenvalue weighted by atomic mass is 32.1. The number of ether oxygens (including phenoxy) is 2. The molecular formula is C36H28N4O4S. The summed E-state index contributed by atoms with van der Waals surface area (Å²) >= 11 is 1.28. The molecule has 1 amide bonds. The number of carbonyl (C=O) groups is 1. The number of hydrogen-bond acceptors (Lipinski definition) is 7. The molecular weight excluding hydrogens is 584 g/mol. The Morgan fingerprint density at radius 1 is 1.00 bits per heavy atom. The van der Waals surface area contributed by atoms with Crippen LogP contribution in [0.4, 0.5) is 5.69 Å². The van der Waals surface area contributed by atoms with Crippen LogP contribution in [-0.4, -0.2) is 17.6 Å². The van der Waals surface area contributed by atoms with Crippen molar-refractivity contribution in [2.75, 3.05) is 12.4 Å². The molecule has 0 unspecified atom stereocenters. The molecule has 8 nitrogen and oxygen atoms in total. The first-order valence-electron chi connectivity index (χ1n) is 14.2. The predicted molar refractivity (Wildman–Crippen MR) is 174 cm³/mol. The maximum Gasteiger partial charge on any atom is 0.271 e. The number of nitrogens with zero attached hydrogens (tertiary/aromatic N) is 3. The van der Waals surface area contributed by atoms with Crippen molar-refractivity contribution in [3.05, 3.63) is 156 Å². The SMILES string of the molecule is COc1cccc([C@H]2C(C(=O)Nc3ccccc3)=C(C)N=c3s/c(=C\c4ccc(OCc5ccc(C#N)cc5)cc4)c(=O)n32)c1. The van der Waals surface area contributed by atoms with Crippen molar-refractivity contribution in [1.29, 1.82) is 5.26 Å². The van der Waals surface area contributed by atoms with Gasteiger partial charge in [-0.05, 0) is 78.2 Å². The van der Waals surface area contributed by atoms with E-state index in [0.29, 0.717) is 50.0 Å². The molecule has 45 heavy (non-hydrogen) atoms. The Morgan fingerprint density at radius 2 is 1.76 bits per heavy atom. The number of thiazole rings is 1. The third kappa shape index (κ3) is 6.32. The number of nitrogens with one attached hydrogen (secondary N) is 1. The average molecular weight is 613 g/mol. The minimum absolute atomic E-state index is 0.245. The number of amides is 1. The second-order valence-corrected chi connectivity index (χ2v) is 11.4. The van der Waals surface area contributed by atoms with Gasteiger partial charge in [0.2, 0.25) is 0 Å². The first-order valence-corrected chi connectivity index (χ1v) is 15.0. The molecule has 1 aliphatic heterocycles. The van der Waals surface area contributed by atoms with Crippen molar-refractivity contribution in [3.63, 3.8) is 0 Å². The summed E-state index contributed by atoms with van der Waals surface area (Å²) in [6.07, 6.45) is 1.82. The molecule has 0 bridgehead atoms. The summed E-state index contributed by atoms with van der Waals surface area (Å²) in [5.41, 5.74) is 4.43. The van der Waals surface area contributed by atoms with Gasteiger partial charge in [0.15, 0.2) is 4.80 Å². The quantitative estimate of drug-likeness (QED) is 0.255. The lowest BCUT2D eigenvalue weighted by atomic mass is 9.95. The van der Waals surface area contributed by atoms with E-state index in [1.165, 1.54) is 11.3 Å². The van der Waals surface area contributed by atoms with Gasteiger partial charge in [0.25, 0.3) is 11.5 Å². The molecule has 0 spiro atoms. The third-order valence-electron chi connectivity index (χ3n) is 7.37. The summed E-state index contributed by atoms with van der Waals surface area (Å²) in [7, 11) is 1.58. The van der Waals surface area contributed by atoms with Gasteiger partial charge < -0.3 is 14.8 Å². The molecule has 1 aliphatic rings. The number of allylic oxidation sites excluding steroid dienone is 1. The summed E-state index contributed by atoms with van der Waals surface area (Å²) < 4.78 is 13.5. The molecule has 1 atom stereocenters. The van der Waals surface area contributed by atoms with E-state index in [0.717, 1.165) is 16.7 Å². The van der Waals surface area contributed by atoms with Crippen molar-refractivity contribution >= 4 is 29.0 Å². The zero-order chi connectivity index (χ0) is 31.3. The van der Waals surface area contributed by atoms with Crippen LogP contribution in [-0.2, 0) is 11.4 Å². The Kier molecular flexibility index (Phi) is 8.40. The molecule has 0 aliphatic carbocycles. The van der Waals surface area contributed by atoms with E-state index in [9.17, 15) is 9.59 Å². The van der Waals surface area contributed by atoms with Crippen molar-refractivity contribution < 1.29 is 14.3 Å². The van der Waals surface area contributed by atoms with Crippen LogP contribution < -0.4 is 29.7 Å². The Hall–Kier alpha value is -5.72. The van der Waals surface area contributed by atoms with E-state index in [1.807, 2.05) is 97.1 Å². The number of para-hydroxylation sites is 1. The van der Waals surface area contributed by atoms with Gasteiger partial charge in [0.1, 0.15) is 18.1 Å². The number of carbonyl (C=O) groups excluding carboxylic acids is 1. The zero-order valence-electron chi connectivity index (χ0n) is 24.6. The molecule has 1 N–H and O–H groups in total. The van der Waals surface area contributed by atoms with Crippen LogP contribution >= 0.6 is 11.3 Å². The minimum atomic E-state index is -0.708. The van der Waals surface area contributed by atoms with Crippen LogP contribution in [0.2, 0.25) is 0 Å². The number of nitriles is 1. The Bertz CT molecular complexity index is 2130. The van der Waals surface area contributed by atoms with Gasteiger partial charge in [-0.2, -0.15) is 5.26 Å². The van der Waals surface area contributed by atoms with Gasteiger partial charge in [-0.3, -0.25) is 14.2 Å². The van der Waals surface area contributed by atoms with Crippen molar-refractivity contribution in [3.8, 4) is 17.6 Å². The highest BCUT2D eigenvalue weighted by molar-refractivity contribution is 7.07. The van der Waals surface area contributed by atoms with Gasteiger partial charge in [-0.15, -0.1) is 0 Å². The van der Waals surface area contributed by atoms with Crippen LogP contribution in [0, 0.1) is 11.3 Å². The summed E-state index contributed by atoms with van der Waals surface area (Å²) in [6, 6.07) is 32.7. The van der Waals surface area contributed by atoms with Crippen molar-refractivity contribution in [2.24, 2.45) is 4.99 Å². The van der Waals surface area contributed by atoms with Crippen molar-refractivity contribution in [1.82, 2.24) is 4.57 Å². The topological polar surface area (TPSA) is 106 Å². The molecule has 2 heterocycles. The smallest absolute Gasteiger partial charge is 0.271 e. The number of methoxy groups -OCH3 is 1. The number of benzene rings is 4. The normalized spacial score (nSPS) is 14.2. The number of fused-ring (bicyclic) bond motifs is 1. The number of aromatic nitrogens is 1. The Labute approximate surface area is 263 Å². The first-order chi connectivity index (χ1) is 21.9. The van der Waals surface area contributed by atoms with Gasteiger partial charge in [0.05, 0.1) is 40.6 Å². The minimum Gasteiger partial charge on any atom is -0.497 e. The van der Waals surface area contributed by atoms with Crippen LogP contribution in [0.15, 0.2) is 124 Å². The molecule has 0 radical (unpaired) electrons.